The number of hydrogen-bond donors (Lipinski definition) is 0. The van der Waals surface area contributed by atoms with Crippen LogP contribution in [0, 0.1) is 11.7 Å². The smallest absolute Gasteiger partial charge is 0.309 e. The molecule has 0 amide bonds. The van der Waals surface area contributed by atoms with Crippen LogP contribution in [0.15, 0.2) is 24.3 Å². The van der Waals surface area contributed by atoms with Gasteiger partial charge in [0.1, 0.15) is 12.4 Å². The SMILES string of the molecule is O=C(OCc1ccc(F)cc1)C1CC1. The summed E-state index contributed by atoms with van der Waals surface area (Å²) in [5.41, 5.74) is 0.820. The van der Waals surface area contributed by atoms with Crippen molar-refractivity contribution in [3.63, 3.8) is 0 Å². The Labute approximate surface area is 81.7 Å². The Morgan fingerprint density at radius 2 is 2.00 bits per heavy atom. The van der Waals surface area contributed by atoms with Gasteiger partial charge in [0.2, 0.25) is 0 Å². The molecule has 1 aliphatic rings. The van der Waals surface area contributed by atoms with Gasteiger partial charge in [-0.3, -0.25) is 4.79 Å². The van der Waals surface area contributed by atoms with Gasteiger partial charge in [-0.1, -0.05) is 12.1 Å². The summed E-state index contributed by atoms with van der Waals surface area (Å²) in [7, 11) is 0. The minimum atomic E-state index is -0.276. The maximum atomic E-state index is 12.5. The Morgan fingerprint density at radius 1 is 1.36 bits per heavy atom. The molecule has 2 rings (SSSR count). The van der Waals surface area contributed by atoms with E-state index in [-0.39, 0.29) is 24.3 Å². The van der Waals surface area contributed by atoms with Crippen molar-refractivity contribution in [2.45, 2.75) is 19.4 Å². The van der Waals surface area contributed by atoms with Crippen molar-refractivity contribution >= 4 is 5.97 Å². The highest BCUT2D eigenvalue weighted by atomic mass is 19.1. The normalized spacial score (nSPS) is 15.2. The molecule has 0 radical (unpaired) electrons. The minimum Gasteiger partial charge on any atom is -0.461 e. The highest BCUT2D eigenvalue weighted by molar-refractivity contribution is 5.74. The van der Waals surface area contributed by atoms with Gasteiger partial charge in [-0.15, -0.1) is 0 Å². The van der Waals surface area contributed by atoms with Crippen molar-refractivity contribution in [2.75, 3.05) is 0 Å². The summed E-state index contributed by atoms with van der Waals surface area (Å²) in [5, 5.41) is 0. The number of esters is 1. The average molecular weight is 194 g/mol. The molecule has 0 saturated heterocycles. The quantitative estimate of drug-likeness (QED) is 0.690. The summed E-state index contributed by atoms with van der Waals surface area (Å²) in [5.74, 6) is -0.285. The third-order valence-electron chi connectivity index (χ3n) is 2.21. The zero-order chi connectivity index (χ0) is 9.97. The fourth-order valence-electron chi connectivity index (χ4n) is 1.17. The monoisotopic (exact) mass is 194 g/mol. The Morgan fingerprint density at radius 3 is 2.57 bits per heavy atom. The van der Waals surface area contributed by atoms with Crippen LogP contribution in [0.25, 0.3) is 0 Å². The van der Waals surface area contributed by atoms with E-state index in [0.717, 1.165) is 18.4 Å². The van der Waals surface area contributed by atoms with Gasteiger partial charge >= 0.3 is 5.97 Å². The molecule has 0 N–H and O–H groups in total. The molecular weight excluding hydrogens is 183 g/mol. The Kier molecular flexibility index (Phi) is 2.48. The molecule has 0 aromatic heterocycles. The largest absolute Gasteiger partial charge is 0.461 e. The highest BCUT2D eigenvalue weighted by Crippen LogP contribution is 2.30. The summed E-state index contributed by atoms with van der Waals surface area (Å²) in [6.45, 7) is 0.246. The van der Waals surface area contributed by atoms with Gasteiger partial charge in [0.05, 0.1) is 5.92 Å². The Balaban J connectivity index is 1.85. The van der Waals surface area contributed by atoms with Gasteiger partial charge in [0, 0.05) is 0 Å². The molecule has 0 bridgehead atoms. The Bertz CT molecular complexity index is 328. The van der Waals surface area contributed by atoms with E-state index in [0.29, 0.717) is 0 Å². The highest BCUT2D eigenvalue weighted by Gasteiger charge is 2.31. The molecule has 3 heteroatoms. The van der Waals surface area contributed by atoms with E-state index in [1.165, 1.54) is 12.1 Å². The van der Waals surface area contributed by atoms with Crippen LogP contribution in [0.4, 0.5) is 4.39 Å². The molecule has 74 valence electrons. The summed E-state index contributed by atoms with van der Waals surface area (Å²) in [6.07, 6.45) is 1.89. The first-order chi connectivity index (χ1) is 6.75. The number of ether oxygens (including phenoxy) is 1. The molecule has 0 unspecified atom stereocenters. The molecule has 0 atom stereocenters. The standard InChI is InChI=1S/C11H11FO2/c12-10-5-1-8(2-6-10)7-14-11(13)9-3-4-9/h1-2,5-6,9H,3-4,7H2. The zero-order valence-electron chi connectivity index (χ0n) is 7.70. The van der Waals surface area contributed by atoms with E-state index < -0.39 is 0 Å². The molecule has 1 aromatic carbocycles. The second-order valence-electron chi connectivity index (χ2n) is 3.51. The molecule has 14 heavy (non-hydrogen) atoms. The van der Waals surface area contributed by atoms with Gasteiger partial charge in [-0.05, 0) is 30.5 Å². The fraction of sp³-hybridized carbons (Fsp3) is 0.364. The van der Waals surface area contributed by atoms with Crippen LogP contribution >= 0.6 is 0 Å². The molecule has 0 spiro atoms. The first-order valence-electron chi connectivity index (χ1n) is 4.67. The predicted octanol–water partition coefficient (Wildman–Crippen LogP) is 2.28. The number of halogens is 1. The molecule has 1 fully saturated rings. The lowest BCUT2D eigenvalue weighted by Gasteiger charge is -2.03. The van der Waals surface area contributed by atoms with Crippen molar-refractivity contribution < 1.29 is 13.9 Å². The fourth-order valence-corrected chi connectivity index (χ4v) is 1.17. The first kappa shape index (κ1) is 9.19. The maximum Gasteiger partial charge on any atom is 0.309 e. The van der Waals surface area contributed by atoms with Crippen molar-refractivity contribution in [3.05, 3.63) is 35.6 Å². The number of hydrogen-bond acceptors (Lipinski definition) is 2. The molecule has 0 aliphatic heterocycles. The lowest BCUT2D eigenvalue weighted by Crippen LogP contribution is -2.06. The molecule has 1 aromatic rings. The summed E-state index contributed by atoms with van der Waals surface area (Å²) >= 11 is 0. The van der Waals surface area contributed by atoms with Crippen LogP contribution in [0.3, 0.4) is 0 Å². The van der Waals surface area contributed by atoms with E-state index in [2.05, 4.69) is 0 Å². The minimum absolute atomic E-state index is 0.121. The number of rotatable bonds is 3. The van der Waals surface area contributed by atoms with Crippen LogP contribution < -0.4 is 0 Å². The van der Waals surface area contributed by atoms with Crippen LogP contribution in [0.1, 0.15) is 18.4 Å². The van der Waals surface area contributed by atoms with E-state index in [4.69, 9.17) is 4.74 Å². The lowest BCUT2D eigenvalue weighted by molar-refractivity contribution is -0.146. The summed E-state index contributed by atoms with van der Waals surface area (Å²) in [6, 6.07) is 5.96. The van der Waals surface area contributed by atoms with E-state index in [1.54, 1.807) is 12.1 Å². The van der Waals surface area contributed by atoms with E-state index in [9.17, 15) is 9.18 Å². The number of carbonyl (C=O) groups is 1. The maximum absolute atomic E-state index is 12.5. The van der Waals surface area contributed by atoms with Crippen LogP contribution in [0.2, 0.25) is 0 Å². The predicted molar refractivity (Wildman–Crippen MR) is 48.9 cm³/mol. The third-order valence-corrected chi connectivity index (χ3v) is 2.21. The lowest BCUT2D eigenvalue weighted by atomic mass is 10.2. The summed E-state index contributed by atoms with van der Waals surface area (Å²) in [4.78, 5) is 11.1. The zero-order valence-corrected chi connectivity index (χ0v) is 7.70. The first-order valence-corrected chi connectivity index (χ1v) is 4.67. The van der Waals surface area contributed by atoms with Crippen molar-refractivity contribution in [1.82, 2.24) is 0 Å². The Hall–Kier alpha value is -1.38. The van der Waals surface area contributed by atoms with Crippen molar-refractivity contribution in [3.8, 4) is 0 Å². The summed E-state index contributed by atoms with van der Waals surface area (Å²) < 4.78 is 17.5. The molecule has 0 heterocycles. The van der Waals surface area contributed by atoms with Crippen LogP contribution in [0.5, 0.6) is 0 Å². The van der Waals surface area contributed by atoms with Gasteiger partial charge in [0.15, 0.2) is 0 Å². The third kappa shape index (κ3) is 2.31. The number of carbonyl (C=O) groups excluding carboxylic acids is 1. The second kappa shape index (κ2) is 3.78. The van der Waals surface area contributed by atoms with Gasteiger partial charge in [-0.25, -0.2) is 4.39 Å². The van der Waals surface area contributed by atoms with Crippen molar-refractivity contribution in [2.24, 2.45) is 5.92 Å². The average Bonchev–Trinajstić information content (AvgIpc) is 3.00. The van der Waals surface area contributed by atoms with Crippen LogP contribution in [-0.4, -0.2) is 5.97 Å². The van der Waals surface area contributed by atoms with Gasteiger partial charge in [0.25, 0.3) is 0 Å². The van der Waals surface area contributed by atoms with Crippen molar-refractivity contribution in [1.29, 1.82) is 0 Å². The van der Waals surface area contributed by atoms with Gasteiger partial charge < -0.3 is 4.74 Å². The van der Waals surface area contributed by atoms with Crippen LogP contribution in [-0.2, 0) is 16.1 Å². The molecule has 1 aliphatic carbocycles. The van der Waals surface area contributed by atoms with E-state index >= 15 is 0 Å². The number of benzene rings is 1. The topological polar surface area (TPSA) is 26.3 Å². The molecule has 1 saturated carbocycles. The van der Waals surface area contributed by atoms with E-state index in [1.807, 2.05) is 0 Å². The van der Waals surface area contributed by atoms with Gasteiger partial charge in [-0.2, -0.15) is 0 Å². The second-order valence-corrected chi connectivity index (χ2v) is 3.51. The molecule has 2 nitrogen and oxygen atoms in total. The molecular formula is C11H11FO2.